The van der Waals surface area contributed by atoms with E-state index in [-0.39, 0.29) is 30.6 Å². The highest BCUT2D eigenvalue weighted by atomic mass is 35.5. The molecule has 0 spiro atoms. The molecule has 0 bridgehead atoms. The maximum atomic E-state index is 11.9. The topological polar surface area (TPSA) is 92.5 Å². The Morgan fingerprint density at radius 1 is 1.44 bits per heavy atom. The van der Waals surface area contributed by atoms with Gasteiger partial charge in [0.25, 0.3) is 0 Å². The third-order valence-corrected chi connectivity index (χ3v) is 5.25. The second-order valence-electron chi connectivity index (χ2n) is 3.91. The molecule has 1 heterocycles. The monoisotopic (exact) mass is 317 g/mol. The molecule has 0 unspecified atom stereocenters. The molecule has 1 fully saturated rings. The lowest BCUT2D eigenvalue weighted by Crippen LogP contribution is -2.44. The van der Waals surface area contributed by atoms with Crippen molar-refractivity contribution in [1.82, 2.24) is 9.62 Å². The van der Waals surface area contributed by atoms with Gasteiger partial charge in [-0.15, -0.1) is 12.4 Å². The summed E-state index contributed by atoms with van der Waals surface area (Å²) < 4.78 is 25.2. The summed E-state index contributed by atoms with van der Waals surface area (Å²) >= 11 is 1.76. The number of carbonyl (C=O) groups is 1. The number of amides is 1. The average Bonchev–Trinajstić information content (AvgIpc) is 2.29. The Bertz CT molecular complexity index is 356. The van der Waals surface area contributed by atoms with Gasteiger partial charge in [-0.3, -0.25) is 4.79 Å². The zero-order valence-electron chi connectivity index (χ0n) is 10.3. The van der Waals surface area contributed by atoms with E-state index in [1.807, 2.05) is 0 Å². The summed E-state index contributed by atoms with van der Waals surface area (Å²) in [6, 6.07) is -0.607. The second-order valence-corrected chi connectivity index (χ2v) is 7.22. The Hall–Kier alpha value is -0.0200. The maximum absolute atomic E-state index is 11.9. The van der Waals surface area contributed by atoms with Crippen molar-refractivity contribution >= 4 is 40.1 Å². The third-order valence-electron chi connectivity index (χ3n) is 2.44. The van der Waals surface area contributed by atoms with Gasteiger partial charge in [0.2, 0.25) is 15.9 Å². The van der Waals surface area contributed by atoms with E-state index in [1.165, 1.54) is 4.31 Å². The fourth-order valence-corrected chi connectivity index (χ4v) is 3.91. The predicted octanol–water partition coefficient (Wildman–Crippen LogP) is -0.750. The Morgan fingerprint density at radius 3 is 2.50 bits per heavy atom. The summed E-state index contributed by atoms with van der Waals surface area (Å²) in [6.07, 6.45) is 0. The van der Waals surface area contributed by atoms with Crippen molar-refractivity contribution in [2.75, 3.05) is 36.9 Å². The lowest BCUT2D eigenvalue weighted by Gasteiger charge is -2.25. The lowest BCUT2D eigenvalue weighted by molar-refractivity contribution is -0.121. The minimum absolute atomic E-state index is 0. The number of thioether (sulfide) groups is 1. The molecule has 0 saturated carbocycles. The van der Waals surface area contributed by atoms with Gasteiger partial charge in [-0.25, -0.2) is 12.7 Å². The zero-order chi connectivity index (χ0) is 12.9. The van der Waals surface area contributed by atoms with Crippen LogP contribution in [0.4, 0.5) is 0 Å². The van der Waals surface area contributed by atoms with Gasteiger partial charge in [0, 0.05) is 31.1 Å². The van der Waals surface area contributed by atoms with Crippen molar-refractivity contribution in [3.05, 3.63) is 0 Å². The van der Waals surface area contributed by atoms with E-state index in [0.29, 0.717) is 13.1 Å². The minimum Gasteiger partial charge on any atom is -0.354 e. The molecule has 0 aromatic rings. The van der Waals surface area contributed by atoms with Crippen LogP contribution in [0.1, 0.15) is 6.92 Å². The van der Waals surface area contributed by atoms with Gasteiger partial charge in [-0.1, -0.05) is 0 Å². The quantitative estimate of drug-likeness (QED) is 0.696. The molecule has 108 valence electrons. The highest BCUT2D eigenvalue weighted by Gasteiger charge is 2.23. The Morgan fingerprint density at radius 2 is 2.00 bits per heavy atom. The van der Waals surface area contributed by atoms with Crippen molar-refractivity contribution in [1.29, 1.82) is 0 Å². The number of carbonyl (C=O) groups excluding carboxylic acids is 1. The van der Waals surface area contributed by atoms with Crippen LogP contribution in [0.25, 0.3) is 0 Å². The summed E-state index contributed by atoms with van der Waals surface area (Å²) in [7, 11) is -3.24. The Labute approximate surface area is 119 Å². The number of sulfonamides is 1. The number of halogens is 1. The minimum atomic E-state index is -3.24. The molecular formula is C9H20ClN3O3S2. The van der Waals surface area contributed by atoms with Crippen molar-refractivity contribution in [3.63, 3.8) is 0 Å². The van der Waals surface area contributed by atoms with E-state index < -0.39 is 16.1 Å². The normalized spacial score (nSPS) is 18.8. The number of rotatable bonds is 5. The van der Waals surface area contributed by atoms with Crippen molar-refractivity contribution in [2.45, 2.75) is 13.0 Å². The fourth-order valence-electron chi connectivity index (χ4n) is 1.42. The first-order valence-corrected chi connectivity index (χ1v) is 8.29. The smallest absolute Gasteiger partial charge is 0.236 e. The molecule has 1 atom stereocenters. The molecule has 1 saturated heterocycles. The first kappa shape index (κ1) is 18.0. The second kappa shape index (κ2) is 8.21. The molecule has 0 aromatic heterocycles. The lowest BCUT2D eigenvalue weighted by atomic mass is 10.3. The van der Waals surface area contributed by atoms with Crippen LogP contribution >= 0.6 is 24.2 Å². The van der Waals surface area contributed by atoms with Crippen molar-refractivity contribution in [3.8, 4) is 0 Å². The van der Waals surface area contributed by atoms with Gasteiger partial charge >= 0.3 is 0 Å². The summed E-state index contributed by atoms with van der Waals surface area (Å²) in [5.41, 5.74) is 5.35. The van der Waals surface area contributed by atoms with E-state index in [2.05, 4.69) is 5.32 Å². The average molecular weight is 318 g/mol. The molecule has 1 amide bonds. The highest BCUT2D eigenvalue weighted by molar-refractivity contribution is 7.99. The van der Waals surface area contributed by atoms with E-state index in [4.69, 9.17) is 5.73 Å². The molecule has 0 radical (unpaired) electrons. The summed E-state index contributed by atoms with van der Waals surface area (Å²) in [5.74, 6) is 1.29. The molecule has 1 aliphatic heterocycles. The number of hydrogen-bond acceptors (Lipinski definition) is 5. The first-order chi connectivity index (χ1) is 7.93. The van der Waals surface area contributed by atoms with Crippen molar-refractivity contribution < 1.29 is 13.2 Å². The van der Waals surface area contributed by atoms with Crippen LogP contribution in [0.2, 0.25) is 0 Å². The van der Waals surface area contributed by atoms with Crippen LogP contribution < -0.4 is 11.1 Å². The summed E-state index contributed by atoms with van der Waals surface area (Å²) in [5, 5.41) is 2.50. The summed E-state index contributed by atoms with van der Waals surface area (Å²) in [4.78, 5) is 11.2. The van der Waals surface area contributed by atoms with E-state index in [1.54, 1.807) is 18.7 Å². The van der Waals surface area contributed by atoms with Gasteiger partial charge in [0.05, 0.1) is 11.8 Å². The molecule has 9 heteroatoms. The molecular weight excluding hydrogens is 298 g/mol. The maximum Gasteiger partial charge on any atom is 0.236 e. The fraction of sp³-hybridized carbons (Fsp3) is 0.889. The van der Waals surface area contributed by atoms with E-state index in [9.17, 15) is 13.2 Å². The Kier molecular flexibility index (Phi) is 8.20. The number of hydrogen-bond donors (Lipinski definition) is 2. The number of nitrogens with two attached hydrogens (primary N) is 1. The molecule has 1 rings (SSSR count). The molecule has 18 heavy (non-hydrogen) atoms. The first-order valence-electron chi connectivity index (χ1n) is 5.52. The molecule has 0 aromatic carbocycles. The van der Waals surface area contributed by atoms with Crippen LogP contribution in [0, 0.1) is 0 Å². The largest absolute Gasteiger partial charge is 0.354 e. The molecule has 3 N–H and O–H groups in total. The van der Waals surface area contributed by atoms with Crippen LogP contribution in [0.3, 0.4) is 0 Å². The SMILES string of the molecule is C[C@@H](N)C(=O)NCCS(=O)(=O)N1CCSCC1.Cl. The Balaban J connectivity index is 0.00000289. The predicted molar refractivity (Wildman–Crippen MR) is 76.6 cm³/mol. The van der Waals surface area contributed by atoms with Crippen LogP contribution in [-0.2, 0) is 14.8 Å². The highest BCUT2D eigenvalue weighted by Crippen LogP contribution is 2.12. The van der Waals surface area contributed by atoms with Crippen LogP contribution in [0.15, 0.2) is 0 Å². The van der Waals surface area contributed by atoms with E-state index in [0.717, 1.165) is 11.5 Å². The van der Waals surface area contributed by atoms with Gasteiger partial charge in [0.15, 0.2) is 0 Å². The van der Waals surface area contributed by atoms with Crippen molar-refractivity contribution in [2.24, 2.45) is 5.73 Å². The standard InChI is InChI=1S/C9H19N3O3S2.ClH/c1-8(10)9(13)11-2-7-17(14,15)12-3-5-16-6-4-12;/h8H,2-7,10H2,1H3,(H,11,13);1H/t8-;/m1./s1. The van der Waals surface area contributed by atoms with E-state index >= 15 is 0 Å². The summed E-state index contributed by atoms with van der Waals surface area (Å²) in [6.45, 7) is 2.81. The van der Waals surface area contributed by atoms with Crippen LogP contribution in [0.5, 0.6) is 0 Å². The van der Waals surface area contributed by atoms with Crippen LogP contribution in [-0.4, -0.2) is 61.6 Å². The third kappa shape index (κ3) is 5.75. The van der Waals surface area contributed by atoms with Gasteiger partial charge < -0.3 is 11.1 Å². The van der Waals surface area contributed by atoms with Gasteiger partial charge in [0.1, 0.15) is 0 Å². The number of nitrogens with zero attached hydrogens (tertiary/aromatic N) is 1. The van der Waals surface area contributed by atoms with Gasteiger partial charge in [-0.2, -0.15) is 11.8 Å². The van der Waals surface area contributed by atoms with Gasteiger partial charge in [-0.05, 0) is 6.92 Å². The zero-order valence-corrected chi connectivity index (χ0v) is 12.7. The molecule has 0 aliphatic carbocycles. The molecule has 1 aliphatic rings. The number of nitrogens with one attached hydrogen (secondary N) is 1. The molecule has 6 nitrogen and oxygen atoms in total.